The molecule has 7 heteroatoms. The number of anilines is 1. The SMILES string of the molecule is CCN(C(=O)CN1C(=O)NC(c2cc(C)ccc2C)C2=C1COC2=O)c1cccc(C)c1. The minimum Gasteiger partial charge on any atom is -0.456 e. The van der Waals surface area contributed by atoms with Crippen LogP contribution in [-0.2, 0) is 14.3 Å². The van der Waals surface area contributed by atoms with Crippen LogP contribution < -0.4 is 10.2 Å². The molecule has 1 N–H and O–H groups in total. The summed E-state index contributed by atoms with van der Waals surface area (Å²) in [4.78, 5) is 41.9. The second-order valence-corrected chi connectivity index (χ2v) is 8.24. The monoisotopic (exact) mass is 433 g/mol. The molecule has 0 fully saturated rings. The second kappa shape index (κ2) is 8.49. The summed E-state index contributed by atoms with van der Waals surface area (Å²) in [6, 6.07) is 12.6. The van der Waals surface area contributed by atoms with Crippen molar-refractivity contribution < 1.29 is 19.1 Å². The van der Waals surface area contributed by atoms with Gasteiger partial charge in [0.15, 0.2) is 0 Å². The summed E-state index contributed by atoms with van der Waals surface area (Å²) in [7, 11) is 0. The smallest absolute Gasteiger partial charge is 0.338 e. The highest BCUT2D eigenvalue weighted by atomic mass is 16.5. The molecular weight excluding hydrogens is 406 g/mol. The first-order valence-electron chi connectivity index (χ1n) is 10.7. The summed E-state index contributed by atoms with van der Waals surface area (Å²) in [5.41, 5.74) is 5.52. The summed E-state index contributed by atoms with van der Waals surface area (Å²) >= 11 is 0. The van der Waals surface area contributed by atoms with Gasteiger partial charge in [0.1, 0.15) is 13.2 Å². The summed E-state index contributed by atoms with van der Waals surface area (Å²) in [5.74, 6) is -0.695. The van der Waals surface area contributed by atoms with E-state index in [0.717, 1.165) is 27.9 Å². The van der Waals surface area contributed by atoms with Crippen LogP contribution in [0.1, 0.15) is 35.2 Å². The fraction of sp³-hybridized carbons (Fsp3) is 0.320. The normalized spacial score (nSPS) is 17.8. The molecule has 1 atom stereocenters. The fourth-order valence-electron chi connectivity index (χ4n) is 4.30. The lowest BCUT2D eigenvalue weighted by Gasteiger charge is -2.34. The van der Waals surface area contributed by atoms with Gasteiger partial charge >= 0.3 is 12.0 Å². The van der Waals surface area contributed by atoms with E-state index in [1.165, 1.54) is 4.90 Å². The van der Waals surface area contributed by atoms with Gasteiger partial charge in [-0.2, -0.15) is 0 Å². The molecule has 166 valence electrons. The first-order chi connectivity index (χ1) is 15.3. The Hall–Kier alpha value is -3.61. The zero-order valence-electron chi connectivity index (χ0n) is 18.8. The van der Waals surface area contributed by atoms with Crippen molar-refractivity contribution in [3.05, 3.63) is 76.0 Å². The van der Waals surface area contributed by atoms with Crippen LogP contribution in [0, 0.1) is 20.8 Å². The van der Waals surface area contributed by atoms with Gasteiger partial charge in [-0.05, 0) is 56.5 Å². The van der Waals surface area contributed by atoms with E-state index in [1.807, 2.05) is 70.2 Å². The summed E-state index contributed by atoms with van der Waals surface area (Å²) in [6.45, 7) is 8.02. The Morgan fingerprint density at radius 3 is 2.59 bits per heavy atom. The van der Waals surface area contributed by atoms with E-state index in [0.29, 0.717) is 17.8 Å². The average Bonchev–Trinajstić information content (AvgIpc) is 3.14. The molecule has 32 heavy (non-hydrogen) atoms. The number of hydrogen-bond donors (Lipinski definition) is 1. The van der Waals surface area contributed by atoms with Crippen LogP contribution in [0.4, 0.5) is 10.5 Å². The van der Waals surface area contributed by atoms with E-state index >= 15 is 0 Å². The number of nitrogens with one attached hydrogen (secondary N) is 1. The van der Waals surface area contributed by atoms with Gasteiger partial charge in [0.25, 0.3) is 0 Å². The third-order valence-electron chi connectivity index (χ3n) is 5.97. The number of carbonyl (C=O) groups is 3. The Kier molecular flexibility index (Phi) is 5.74. The molecule has 0 saturated carbocycles. The van der Waals surface area contributed by atoms with Crippen molar-refractivity contribution in [2.45, 2.75) is 33.7 Å². The highest BCUT2D eigenvalue weighted by molar-refractivity contribution is 6.01. The maximum atomic E-state index is 13.2. The van der Waals surface area contributed by atoms with Gasteiger partial charge in [0, 0.05) is 12.2 Å². The number of benzene rings is 2. The molecule has 0 radical (unpaired) electrons. The Morgan fingerprint density at radius 1 is 1.12 bits per heavy atom. The van der Waals surface area contributed by atoms with E-state index < -0.39 is 18.0 Å². The first kappa shape index (κ1) is 21.6. The average molecular weight is 434 g/mol. The van der Waals surface area contributed by atoms with Gasteiger partial charge in [-0.3, -0.25) is 9.69 Å². The summed E-state index contributed by atoms with van der Waals surface area (Å²) < 4.78 is 5.30. The van der Waals surface area contributed by atoms with Crippen LogP contribution in [0.2, 0.25) is 0 Å². The zero-order valence-corrected chi connectivity index (χ0v) is 18.8. The fourth-order valence-corrected chi connectivity index (χ4v) is 4.30. The number of esters is 1. The highest BCUT2D eigenvalue weighted by Gasteiger charge is 2.43. The van der Waals surface area contributed by atoms with Crippen LogP contribution in [0.15, 0.2) is 53.7 Å². The number of rotatable bonds is 5. The Morgan fingerprint density at radius 2 is 1.88 bits per heavy atom. The topological polar surface area (TPSA) is 79.0 Å². The molecule has 2 aromatic carbocycles. The molecule has 0 spiro atoms. The van der Waals surface area contributed by atoms with Gasteiger partial charge in [-0.15, -0.1) is 0 Å². The molecule has 0 bridgehead atoms. The van der Waals surface area contributed by atoms with Crippen LogP contribution in [0.25, 0.3) is 0 Å². The molecule has 2 aliphatic heterocycles. The van der Waals surface area contributed by atoms with Crippen molar-refractivity contribution >= 4 is 23.6 Å². The van der Waals surface area contributed by atoms with Crippen molar-refractivity contribution in [1.82, 2.24) is 10.2 Å². The number of aryl methyl sites for hydroxylation is 3. The van der Waals surface area contributed by atoms with Gasteiger partial charge in [-0.25, -0.2) is 9.59 Å². The molecule has 2 aliphatic rings. The standard InChI is InChI=1S/C25H27N3O4/c1-5-27(18-8-6-7-15(2)11-18)21(29)13-28-20-14-32-24(30)22(20)23(26-25(28)31)19-12-16(3)9-10-17(19)4/h6-12,23H,5,13-14H2,1-4H3,(H,26,31). The van der Waals surface area contributed by atoms with Gasteiger partial charge < -0.3 is 15.0 Å². The third-order valence-corrected chi connectivity index (χ3v) is 5.97. The molecule has 2 heterocycles. The van der Waals surface area contributed by atoms with Crippen LogP contribution >= 0.6 is 0 Å². The number of cyclic esters (lactones) is 1. The van der Waals surface area contributed by atoms with E-state index in [9.17, 15) is 14.4 Å². The second-order valence-electron chi connectivity index (χ2n) is 8.24. The molecule has 0 aliphatic carbocycles. The maximum absolute atomic E-state index is 13.2. The molecular formula is C25H27N3O4. The van der Waals surface area contributed by atoms with Gasteiger partial charge in [0.05, 0.1) is 17.3 Å². The first-order valence-corrected chi connectivity index (χ1v) is 10.7. The number of ether oxygens (including phenoxy) is 1. The van der Waals surface area contributed by atoms with E-state index in [2.05, 4.69) is 5.32 Å². The lowest BCUT2D eigenvalue weighted by molar-refractivity contribution is -0.136. The summed E-state index contributed by atoms with van der Waals surface area (Å²) in [6.07, 6.45) is 0. The Bertz CT molecular complexity index is 1140. The third kappa shape index (κ3) is 3.86. The zero-order chi connectivity index (χ0) is 23.0. The van der Waals surface area contributed by atoms with Crippen molar-refractivity contribution in [3.8, 4) is 0 Å². The van der Waals surface area contributed by atoms with Crippen molar-refractivity contribution in [2.24, 2.45) is 0 Å². The van der Waals surface area contributed by atoms with Gasteiger partial charge in [-0.1, -0.05) is 35.9 Å². The molecule has 3 amide bonds. The highest BCUT2D eigenvalue weighted by Crippen LogP contribution is 2.36. The molecule has 7 nitrogen and oxygen atoms in total. The minimum absolute atomic E-state index is 0.0210. The van der Waals surface area contributed by atoms with Crippen LogP contribution in [0.3, 0.4) is 0 Å². The van der Waals surface area contributed by atoms with Crippen LogP contribution in [0.5, 0.6) is 0 Å². The lowest BCUT2D eigenvalue weighted by atomic mass is 9.91. The van der Waals surface area contributed by atoms with E-state index in [1.54, 1.807) is 4.90 Å². The molecule has 0 aromatic heterocycles. The number of urea groups is 1. The van der Waals surface area contributed by atoms with E-state index in [4.69, 9.17) is 4.74 Å². The Balaban J connectivity index is 1.67. The molecule has 0 saturated heterocycles. The molecule has 2 aromatic rings. The summed E-state index contributed by atoms with van der Waals surface area (Å²) in [5, 5.41) is 2.92. The van der Waals surface area contributed by atoms with Crippen molar-refractivity contribution in [1.29, 1.82) is 0 Å². The molecule has 4 rings (SSSR count). The van der Waals surface area contributed by atoms with Gasteiger partial charge in [0.2, 0.25) is 5.91 Å². The minimum atomic E-state index is -0.599. The Labute approximate surface area is 187 Å². The maximum Gasteiger partial charge on any atom is 0.338 e. The predicted octanol–water partition coefficient (Wildman–Crippen LogP) is 3.54. The van der Waals surface area contributed by atoms with E-state index in [-0.39, 0.29) is 19.1 Å². The molecule has 1 unspecified atom stereocenters. The number of likely N-dealkylation sites (N-methyl/N-ethyl adjacent to an activating group) is 1. The van der Waals surface area contributed by atoms with Crippen LogP contribution in [-0.4, -0.2) is 42.5 Å². The lowest BCUT2D eigenvalue weighted by Crippen LogP contribution is -2.51. The number of carbonyl (C=O) groups excluding carboxylic acids is 3. The van der Waals surface area contributed by atoms with Crippen molar-refractivity contribution in [2.75, 3.05) is 24.6 Å². The van der Waals surface area contributed by atoms with Crippen molar-refractivity contribution in [3.63, 3.8) is 0 Å². The number of amides is 3. The number of nitrogens with zero attached hydrogens (tertiary/aromatic N) is 2. The quantitative estimate of drug-likeness (QED) is 0.732. The predicted molar refractivity (Wildman–Crippen MR) is 121 cm³/mol. The number of hydrogen-bond acceptors (Lipinski definition) is 4. The largest absolute Gasteiger partial charge is 0.456 e.